The highest BCUT2D eigenvalue weighted by molar-refractivity contribution is 5.30. The van der Waals surface area contributed by atoms with Gasteiger partial charge in [-0.3, -0.25) is 0 Å². The molecule has 2 nitrogen and oxygen atoms in total. The van der Waals surface area contributed by atoms with Crippen LogP contribution >= 0.6 is 0 Å². The Hall–Kier alpha value is -0.860. The molecule has 0 bridgehead atoms. The molecule has 0 saturated heterocycles. The molecular weight excluding hydrogens is 210 g/mol. The minimum Gasteiger partial charge on any atom is -0.377 e. The van der Waals surface area contributed by atoms with Crippen LogP contribution in [0.15, 0.2) is 18.2 Å². The van der Waals surface area contributed by atoms with Crippen LogP contribution in [0.4, 0.5) is 0 Å². The molecule has 2 rings (SSSR count). The Morgan fingerprint density at radius 3 is 2.47 bits per heavy atom. The topological polar surface area (TPSA) is 35.2 Å². The van der Waals surface area contributed by atoms with Gasteiger partial charge in [0.2, 0.25) is 0 Å². The van der Waals surface area contributed by atoms with E-state index in [0.717, 1.165) is 19.3 Å². The molecule has 0 aliphatic heterocycles. The fraction of sp³-hybridized carbons (Fsp3) is 0.600. The smallest absolute Gasteiger partial charge is 0.0832 e. The van der Waals surface area contributed by atoms with Gasteiger partial charge in [0.05, 0.1) is 5.60 Å². The van der Waals surface area contributed by atoms with E-state index >= 15 is 0 Å². The van der Waals surface area contributed by atoms with Crippen LogP contribution in [0, 0.1) is 13.8 Å². The third-order valence-electron chi connectivity index (χ3n) is 4.31. The van der Waals surface area contributed by atoms with Gasteiger partial charge in [0.1, 0.15) is 0 Å². The molecule has 1 aromatic rings. The van der Waals surface area contributed by atoms with Crippen LogP contribution in [0.2, 0.25) is 0 Å². The Labute approximate surface area is 104 Å². The summed E-state index contributed by atoms with van der Waals surface area (Å²) in [4.78, 5) is 0. The molecule has 0 aromatic heterocycles. The molecule has 1 aliphatic carbocycles. The van der Waals surface area contributed by atoms with Crippen LogP contribution in [-0.4, -0.2) is 18.8 Å². The van der Waals surface area contributed by atoms with Gasteiger partial charge < -0.3 is 10.5 Å². The van der Waals surface area contributed by atoms with Crippen molar-refractivity contribution in [2.45, 2.75) is 51.2 Å². The Morgan fingerprint density at radius 1 is 1.29 bits per heavy atom. The summed E-state index contributed by atoms with van der Waals surface area (Å²) < 4.78 is 5.64. The number of ether oxygens (including phenoxy) is 1. The second-order valence-corrected chi connectivity index (χ2v) is 5.35. The molecular formula is C15H23NO. The molecule has 0 amide bonds. The number of hydrogen-bond donors (Lipinski definition) is 1. The second kappa shape index (κ2) is 4.79. The lowest BCUT2D eigenvalue weighted by Gasteiger charge is -2.45. The number of aryl methyl sites for hydroxylation is 2. The van der Waals surface area contributed by atoms with Gasteiger partial charge >= 0.3 is 0 Å². The highest BCUT2D eigenvalue weighted by atomic mass is 16.5. The van der Waals surface area contributed by atoms with Crippen molar-refractivity contribution in [1.82, 2.24) is 0 Å². The Morgan fingerprint density at radius 2 is 2.00 bits per heavy atom. The standard InChI is InChI=1S/C15H23NO/c1-11-5-6-13(9-12(11)2)10-14(16)15(17-3)7-4-8-15/h5-6,9,14H,4,7-8,10,16H2,1-3H3. The van der Waals surface area contributed by atoms with Crippen molar-refractivity contribution in [2.75, 3.05) is 7.11 Å². The van der Waals surface area contributed by atoms with E-state index in [-0.39, 0.29) is 11.6 Å². The van der Waals surface area contributed by atoms with Gasteiger partial charge in [-0.25, -0.2) is 0 Å². The normalized spacial score (nSPS) is 19.8. The highest BCUT2D eigenvalue weighted by Gasteiger charge is 2.42. The van der Waals surface area contributed by atoms with Crippen molar-refractivity contribution in [2.24, 2.45) is 5.73 Å². The third kappa shape index (κ3) is 2.38. The lowest BCUT2D eigenvalue weighted by Crippen LogP contribution is -2.55. The maximum atomic E-state index is 6.32. The van der Waals surface area contributed by atoms with E-state index in [1.54, 1.807) is 7.11 Å². The zero-order chi connectivity index (χ0) is 12.5. The van der Waals surface area contributed by atoms with Crippen molar-refractivity contribution in [3.8, 4) is 0 Å². The molecule has 1 aromatic carbocycles. The molecule has 0 spiro atoms. The monoisotopic (exact) mass is 233 g/mol. The maximum absolute atomic E-state index is 6.32. The molecule has 0 radical (unpaired) electrons. The maximum Gasteiger partial charge on any atom is 0.0832 e. The van der Waals surface area contributed by atoms with Crippen molar-refractivity contribution < 1.29 is 4.74 Å². The summed E-state index contributed by atoms with van der Waals surface area (Å²) in [6.07, 6.45) is 4.37. The molecule has 1 saturated carbocycles. The minimum absolute atomic E-state index is 0.0568. The van der Waals surface area contributed by atoms with E-state index in [1.165, 1.54) is 23.1 Å². The quantitative estimate of drug-likeness (QED) is 0.868. The fourth-order valence-corrected chi connectivity index (χ4v) is 2.62. The van der Waals surface area contributed by atoms with Crippen LogP contribution in [-0.2, 0) is 11.2 Å². The zero-order valence-electron chi connectivity index (χ0n) is 11.1. The summed E-state index contributed by atoms with van der Waals surface area (Å²) in [5.41, 5.74) is 10.3. The lowest BCUT2D eigenvalue weighted by atomic mass is 9.73. The first-order chi connectivity index (χ1) is 8.07. The average molecular weight is 233 g/mol. The number of benzene rings is 1. The zero-order valence-corrected chi connectivity index (χ0v) is 11.1. The fourth-order valence-electron chi connectivity index (χ4n) is 2.62. The van der Waals surface area contributed by atoms with E-state index in [2.05, 4.69) is 32.0 Å². The Balaban J connectivity index is 2.07. The van der Waals surface area contributed by atoms with Gasteiger partial charge in [0, 0.05) is 13.2 Å². The van der Waals surface area contributed by atoms with Crippen molar-refractivity contribution >= 4 is 0 Å². The molecule has 1 aliphatic rings. The predicted octanol–water partition coefficient (Wildman–Crippen LogP) is 2.74. The van der Waals surface area contributed by atoms with Crippen molar-refractivity contribution in [3.63, 3.8) is 0 Å². The molecule has 2 heteroatoms. The summed E-state index contributed by atoms with van der Waals surface area (Å²) in [7, 11) is 1.79. The number of rotatable bonds is 4. The summed E-state index contributed by atoms with van der Waals surface area (Å²) in [6.45, 7) is 4.29. The van der Waals surface area contributed by atoms with E-state index in [9.17, 15) is 0 Å². The average Bonchev–Trinajstić information content (AvgIpc) is 2.23. The van der Waals surface area contributed by atoms with Crippen LogP contribution in [0.5, 0.6) is 0 Å². The first-order valence-electron chi connectivity index (χ1n) is 6.44. The first-order valence-corrected chi connectivity index (χ1v) is 6.44. The van der Waals surface area contributed by atoms with E-state index in [4.69, 9.17) is 10.5 Å². The van der Waals surface area contributed by atoms with Gasteiger partial charge in [-0.2, -0.15) is 0 Å². The lowest BCUT2D eigenvalue weighted by molar-refractivity contribution is -0.0897. The first kappa shape index (κ1) is 12.6. The summed E-state index contributed by atoms with van der Waals surface area (Å²) in [5, 5.41) is 0. The highest BCUT2D eigenvalue weighted by Crippen LogP contribution is 2.38. The van der Waals surface area contributed by atoms with Crippen LogP contribution in [0.3, 0.4) is 0 Å². The van der Waals surface area contributed by atoms with E-state index < -0.39 is 0 Å². The molecule has 17 heavy (non-hydrogen) atoms. The number of nitrogens with two attached hydrogens (primary N) is 1. The summed E-state index contributed by atoms with van der Waals surface area (Å²) in [6, 6.07) is 6.72. The van der Waals surface area contributed by atoms with E-state index in [0.29, 0.717) is 0 Å². The third-order valence-corrected chi connectivity index (χ3v) is 4.31. The second-order valence-electron chi connectivity index (χ2n) is 5.35. The SMILES string of the molecule is COC1(C(N)Cc2ccc(C)c(C)c2)CCC1. The predicted molar refractivity (Wildman–Crippen MR) is 71.2 cm³/mol. The van der Waals surface area contributed by atoms with Gasteiger partial charge in [-0.05, 0) is 56.2 Å². The van der Waals surface area contributed by atoms with Crippen LogP contribution in [0.1, 0.15) is 36.0 Å². The summed E-state index contributed by atoms with van der Waals surface area (Å²) in [5.74, 6) is 0. The van der Waals surface area contributed by atoms with Crippen LogP contribution < -0.4 is 5.73 Å². The minimum atomic E-state index is -0.0568. The summed E-state index contributed by atoms with van der Waals surface area (Å²) >= 11 is 0. The molecule has 1 atom stereocenters. The Kier molecular flexibility index (Phi) is 3.55. The Bertz CT molecular complexity index is 390. The van der Waals surface area contributed by atoms with Crippen molar-refractivity contribution in [3.05, 3.63) is 34.9 Å². The molecule has 94 valence electrons. The van der Waals surface area contributed by atoms with Gasteiger partial charge in [0.15, 0.2) is 0 Å². The van der Waals surface area contributed by atoms with Gasteiger partial charge in [-0.15, -0.1) is 0 Å². The number of hydrogen-bond acceptors (Lipinski definition) is 2. The van der Waals surface area contributed by atoms with Crippen LogP contribution in [0.25, 0.3) is 0 Å². The van der Waals surface area contributed by atoms with Gasteiger partial charge in [-0.1, -0.05) is 18.2 Å². The molecule has 2 N–H and O–H groups in total. The van der Waals surface area contributed by atoms with Crippen molar-refractivity contribution in [1.29, 1.82) is 0 Å². The molecule has 1 fully saturated rings. The number of methoxy groups -OCH3 is 1. The molecule has 1 unspecified atom stereocenters. The molecule has 0 heterocycles. The van der Waals surface area contributed by atoms with E-state index in [1.807, 2.05) is 0 Å². The largest absolute Gasteiger partial charge is 0.377 e. The van der Waals surface area contributed by atoms with Gasteiger partial charge in [0.25, 0.3) is 0 Å².